The molecule has 1 N–H and O–H groups in total. The van der Waals surface area contributed by atoms with Crippen LogP contribution < -0.4 is 5.32 Å². The van der Waals surface area contributed by atoms with Crippen LogP contribution in [0.3, 0.4) is 0 Å². The van der Waals surface area contributed by atoms with Crippen LogP contribution in [0.1, 0.15) is 52.0 Å². The summed E-state index contributed by atoms with van der Waals surface area (Å²) >= 11 is 3.55. The molecule has 1 heterocycles. The fourth-order valence-corrected chi connectivity index (χ4v) is 4.74. The molecule has 2 fully saturated rings. The van der Waals surface area contributed by atoms with Gasteiger partial charge in [-0.15, -0.1) is 0 Å². The average Bonchev–Trinajstić information content (AvgIpc) is 2.81. The maximum Gasteiger partial charge on any atom is 0.326 e. The molecule has 1 aliphatic carbocycles. The summed E-state index contributed by atoms with van der Waals surface area (Å²) in [7, 11) is 1.93. The first-order chi connectivity index (χ1) is 12.6. The number of halogens is 1. The first kappa shape index (κ1) is 20.3. The number of nitrogens with one attached hydrogen (secondary N) is 1. The predicted molar refractivity (Wildman–Crippen MR) is 110 cm³/mol. The highest BCUT2D eigenvalue weighted by atomic mass is 79.9. The van der Waals surface area contributed by atoms with Gasteiger partial charge >= 0.3 is 6.03 Å². The van der Waals surface area contributed by atoms with E-state index in [1.807, 2.05) is 36.2 Å². The van der Waals surface area contributed by atoms with Crippen LogP contribution in [0.15, 0.2) is 28.7 Å². The van der Waals surface area contributed by atoms with Crippen molar-refractivity contribution in [1.82, 2.24) is 15.1 Å². The Morgan fingerprint density at radius 3 is 2.44 bits per heavy atom. The third-order valence-electron chi connectivity index (χ3n) is 6.09. The van der Waals surface area contributed by atoms with E-state index in [9.17, 15) is 9.59 Å². The van der Waals surface area contributed by atoms with Gasteiger partial charge in [0.1, 0.15) is 5.54 Å². The molecule has 148 valence electrons. The lowest BCUT2D eigenvalue weighted by atomic mass is 9.67. The van der Waals surface area contributed by atoms with Crippen molar-refractivity contribution in [2.75, 3.05) is 13.7 Å². The maximum atomic E-state index is 13.1. The number of nitrogens with zero attached hydrogens (tertiary/aromatic N) is 2. The van der Waals surface area contributed by atoms with Crippen LogP contribution in [0.2, 0.25) is 0 Å². The molecule has 0 radical (unpaired) electrons. The summed E-state index contributed by atoms with van der Waals surface area (Å²) in [6.45, 7) is 7.74. The number of rotatable bonds is 4. The highest BCUT2D eigenvalue weighted by molar-refractivity contribution is 9.10. The molecule has 5 nitrogen and oxygen atoms in total. The Balaban J connectivity index is 1.64. The first-order valence-electron chi connectivity index (χ1n) is 9.68. The number of hydrogen-bond acceptors (Lipinski definition) is 3. The van der Waals surface area contributed by atoms with Gasteiger partial charge in [-0.1, -0.05) is 54.9 Å². The Labute approximate surface area is 170 Å². The van der Waals surface area contributed by atoms with Gasteiger partial charge in [0.25, 0.3) is 5.91 Å². The van der Waals surface area contributed by atoms with E-state index in [0.717, 1.165) is 35.7 Å². The van der Waals surface area contributed by atoms with Gasteiger partial charge in [0.2, 0.25) is 0 Å². The zero-order valence-electron chi connectivity index (χ0n) is 16.7. The fraction of sp³-hybridized carbons (Fsp3) is 0.619. The lowest BCUT2D eigenvalue weighted by Crippen LogP contribution is -2.51. The first-order valence-corrected chi connectivity index (χ1v) is 10.5. The highest BCUT2D eigenvalue weighted by Gasteiger charge is 2.53. The Kier molecular flexibility index (Phi) is 5.69. The summed E-state index contributed by atoms with van der Waals surface area (Å²) in [6.07, 6.45) is 3.44. The largest absolute Gasteiger partial charge is 0.326 e. The summed E-state index contributed by atoms with van der Waals surface area (Å²) in [5.41, 5.74) is 0.691. The molecular weight excluding hydrogens is 406 g/mol. The maximum absolute atomic E-state index is 13.1. The Morgan fingerprint density at radius 1 is 1.22 bits per heavy atom. The molecule has 6 heteroatoms. The summed E-state index contributed by atoms with van der Waals surface area (Å²) < 4.78 is 1.03. The minimum absolute atomic E-state index is 0.0566. The second kappa shape index (κ2) is 7.55. The van der Waals surface area contributed by atoms with Crippen LogP contribution in [0.5, 0.6) is 0 Å². The molecule has 2 aliphatic rings. The topological polar surface area (TPSA) is 52.6 Å². The standard InChI is InChI=1S/C21H30BrN3O2/c1-20(2,3)16-9-11-21(12-10-16)18(26)25(19(27)23-21)14-24(4)13-15-7-5-6-8-17(15)22/h5-8,16H,9-14H2,1-4H3,(H,23,27). The van der Waals surface area contributed by atoms with Crippen molar-refractivity contribution in [1.29, 1.82) is 0 Å². The molecule has 0 atom stereocenters. The van der Waals surface area contributed by atoms with Crippen molar-refractivity contribution < 1.29 is 9.59 Å². The fourth-order valence-electron chi connectivity index (χ4n) is 4.33. The molecule has 3 amide bonds. The summed E-state index contributed by atoms with van der Waals surface area (Å²) in [4.78, 5) is 29.0. The number of urea groups is 1. The molecule has 1 saturated heterocycles. The smallest absolute Gasteiger partial charge is 0.323 e. The molecule has 27 heavy (non-hydrogen) atoms. The Hall–Kier alpha value is -1.40. The minimum atomic E-state index is -0.687. The summed E-state index contributed by atoms with van der Waals surface area (Å²) in [5.74, 6) is 0.541. The molecule has 1 aliphatic heterocycles. The lowest BCUT2D eigenvalue weighted by Gasteiger charge is -2.40. The van der Waals surface area contributed by atoms with Gasteiger partial charge in [-0.2, -0.15) is 0 Å². The zero-order valence-corrected chi connectivity index (χ0v) is 18.3. The molecule has 1 aromatic rings. The number of benzene rings is 1. The van der Waals surface area contributed by atoms with Crippen LogP contribution in [0, 0.1) is 11.3 Å². The van der Waals surface area contributed by atoms with Crippen molar-refractivity contribution >= 4 is 27.9 Å². The quantitative estimate of drug-likeness (QED) is 0.714. The van der Waals surface area contributed by atoms with Crippen LogP contribution in [-0.4, -0.2) is 41.0 Å². The van der Waals surface area contributed by atoms with E-state index in [4.69, 9.17) is 0 Å². The van der Waals surface area contributed by atoms with Crippen LogP contribution >= 0.6 is 15.9 Å². The van der Waals surface area contributed by atoms with Crippen molar-refractivity contribution in [3.63, 3.8) is 0 Å². The third kappa shape index (κ3) is 4.21. The highest BCUT2D eigenvalue weighted by Crippen LogP contribution is 2.43. The predicted octanol–water partition coefficient (Wildman–Crippen LogP) is 4.37. The number of carbonyl (C=O) groups is 2. The van der Waals surface area contributed by atoms with E-state index >= 15 is 0 Å². The van der Waals surface area contributed by atoms with Gasteiger partial charge < -0.3 is 5.32 Å². The summed E-state index contributed by atoms with van der Waals surface area (Å²) in [6, 6.07) is 7.75. The zero-order chi connectivity index (χ0) is 19.8. The SMILES string of the molecule is CN(Cc1ccccc1Br)CN1C(=O)NC2(CCC(C(C)(C)C)CC2)C1=O. The van der Waals surface area contributed by atoms with Crippen LogP contribution in [-0.2, 0) is 11.3 Å². The lowest BCUT2D eigenvalue weighted by molar-refractivity contribution is -0.134. The normalized spacial score (nSPS) is 26.1. The molecule has 0 bridgehead atoms. The van der Waals surface area contributed by atoms with Crippen molar-refractivity contribution in [2.45, 2.75) is 58.5 Å². The molecular formula is C21H30BrN3O2. The molecule has 0 unspecified atom stereocenters. The summed E-state index contributed by atoms with van der Waals surface area (Å²) in [5, 5.41) is 3.02. The van der Waals surface area contributed by atoms with E-state index < -0.39 is 5.54 Å². The second-order valence-corrected chi connectivity index (χ2v) is 9.99. The number of imide groups is 1. The van der Waals surface area contributed by atoms with Gasteiger partial charge in [-0.3, -0.25) is 9.69 Å². The Morgan fingerprint density at radius 2 is 1.85 bits per heavy atom. The third-order valence-corrected chi connectivity index (χ3v) is 6.86. The Bertz CT molecular complexity index is 720. The van der Waals surface area contributed by atoms with E-state index in [1.54, 1.807) is 0 Å². The van der Waals surface area contributed by atoms with Gasteiger partial charge in [-0.25, -0.2) is 9.69 Å². The van der Waals surface area contributed by atoms with Crippen molar-refractivity contribution in [3.05, 3.63) is 34.3 Å². The van der Waals surface area contributed by atoms with Gasteiger partial charge in [0.15, 0.2) is 0 Å². The number of amides is 3. The molecule has 1 spiro atoms. The monoisotopic (exact) mass is 435 g/mol. The number of hydrogen-bond donors (Lipinski definition) is 1. The van der Waals surface area contributed by atoms with Crippen molar-refractivity contribution in [3.8, 4) is 0 Å². The molecule has 3 rings (SSSR count). The molecule has 1 aromatic carbocycles. The number of carbonyl (C=O) groups excluding carboxylic acids is 2. The van der Waals surface area contributed by atoms with E-state index in [0.29, 0.717) is 19.1 Å². The van der Waals surface area contributed by atoms with E-state index in [2.05, 4.69) is 42.0 Å². The van der Waals surface area contributed by atoms with Crippen molar-refractivity contribution in [2.24, 2.45) is 11.3 Å². The van der Waals surface area contributed by atoms with Gasteiger partial charge in [0.05, 0.1) is 6.67 Å². The van der Waals surface area contributed by atoms with Gasteiger partial charge in [0, 0.05) is 11.0 Å². The van der Waals surface area contributed by atoms with Gasteiger partial charge in [-0.05, 0) is 55.7 Å². The average molecular weight is 436 g/mol. The van der Waals surface area contributed by atoms with E-state index in [-0.39, 0.29) is 17.4 Å². The molecule has 1 saturated carbocycles. The molecule has 0 aromatic heterocycles. The van der Waals surface area contributed by atoms with E-state index in [1.165, 1.54) is 4.90 Å². The van der Waals surface area contributed by atoms with Crippen LogP contribution in [0.25, 0.3) is 0 Å². The minimum Gasteiger partial charge on any atom is -0.323 e. The van der Waals surface area contributed by atoms with Crippen LogP contribution in [0.4, 0.5) is 4.79 Å². The second-order valence-electron chi connectivity index (χ2n) is 9.13.